The summed E-state index contributed by atoms with van der Waals surface area (Å²) in [7, 11) is 2.11. The zero-order valence-corrected chi connectivity index (χ0v) is 19.3. The van der Waals surface area contributed by atoms with Crippen molar-refractivity contribution in [2.45, 2.75) is 50.7 Å². The van der Waals surface area contributed by atoms with Crippen LogP contribution in [0.2, 0.25) is 0 Å². The number of benzene rings is 2. The maximum absolute atomic E-state index is 13.0. The summed E-state index contributed by atoms with van der Waals surface area (Å²) in [5.41, 5.74) is 1.41. The smallest absolute Gasteiger partial charge is 0.477 e. The number of aryl methyl sites for hydroxylation is 1. The maximum Gasteiger partial charge on any atom is 0.519 e. The largest absolute Gasteiger partial charge is 0.519 e. The van der Waals surface area contributed by atoms with Crippen molar-refractivity contribution < 1.29 is 28.7 Å². The zero-order valence-electron chi connectivity index (χ0n) is 19.3. The number of Topliss-reactive ketones (excluding diaryl/α,β-unsaturated/α-hetero) is 1. The third-order valence-corrected chi connectivity index (χ3v) is 7.75. The zero-order chi connectivity index (χ0) is 24.2. The molecular weight excluding hydrogens is 440 g/mol. The number of piperidine rings is 1. The Kier molecular flexibility index (Phi) is 5.31. The molecule has 1 saturated carbocycles. The molecule has 9 heteroatoms. The van der Waals surface area contributed by atoms with Crippen LogP contribution in [-0.4, -0.2) is 47.5 Å². The van der Waals surface area contributed by atoms with Gasteiger partial charge in [-0.1, -0.05) is 6.07 Å². The predicted octanol–water partition coefficient (Wildman–Crippen LogP) is 4.18. The predicted molar refractivity (Wildman–Crippen MR) is 121 cm³/mol. The van der Waals surface area contributed by atoms with E-state index in [9.17, 15) is 19.7 Å². The molecule has 2 fully saturated rings. The highest BCUT2D eigenvalue weighted by Crippen LogP contribution is 2.60. The number of carbonyl (C=O) groups excluding carboxylic acids is 2. The van der Waals surface area contributed by atoms with Crippen molar-refractivity contribution in [1.29, 1.82) is 0 Å². The van der Waals surface area contributed by atoms with Gasteiger partial charge in [0, 0.05) is 35.6 Å². The van der Waals surface area contributed by atoms with Gasteiger partial charge in [0.2, 0.25) is 0 Å². The molecule has 5 rings (SSSR count). The molecule has 1 saturated heterocycles. The van der Waals surface area contributed by atoms with Crippen LogP contribution in [0, 0.1) is 23.0 Å². The molecule has 1 unspecified atom stereocenters. The topological polar surface area (TPSA) is 108 Å². The molecule has 1 aliphatic carbocycles. The van der Waals surface area contributed by atoms with Crippen LogP contribution >= 0.6 is 0 Å². The second-order valence-corrected chi connectivity index (χ2v) is 9.41. The van der Waals surface area contributed by atoms with Crippen molar-refractivity contribution in [1.82, 2.24) is 4.90 Å². The fourth-order valence-electron chi connectivity index (χ4n) is 6.04. The summed E-state index contributed by atoms with van der Waals surface area (Å²) in [5, 5.41) is 10.8. The van der Waals surface area contributed by atoms with E-state index in [1.54, 1.807) is 6.07 Å². The van der Waals surface area contributed by atoms with Gasteiger partial charge >= 0.3 is 6.16 Å². The van der Waals surface area contributed by atoms with Gasteiger partial charge in [0.25, 0.3) is 5.69 Å². The summed E-state index contributed by atoms with van der Waals surface area (Å²) < 4.78 is 17.0. The quantitative estimate of drug-likeness (QED) is 0.287. The first kappa shape index (κ1) is 22.3. The number of fused-ring (bicyclic) bond motifs is 1. The SMILES string of the molecule is Cc1ccc(OC(=O)Oc2ccc([N+](=O)[O-])cc2)c2c1[C@@]13CCN(C)[C@@H](C)C1CCC(=O)[C@H]3O2. The third kappa shape index (κ3) is 3.34. The number of ether oxygens (including phenoxy) is 3. The lowest BCUT2D eigenvalue weighted by Crippen LogP contribution is -2.62. The van der Waals surface area contributed by atoms with Crippen molar-refractivity contribution in [3.8, 4) is 17.2 Å². The number of nitro groups is 1. The van der Waals surface area contributed by atoms with Crippen LogP contribution in [0.5, 0.6) is 17.2 Å². The van der Waals surface area contributed by atoms with Crippen LogP contribution in [-0.2, 0) is 10.2 Å². The number of hydrogen-bond acceptors (Lipinski definition) is 8. The number of hydrogen-bond donors (Lipinski definition) is 0. The van der Waals surface area contributed by atoms with Crippen LogP contribution in [0.4, 0.5) is 10.5 Å². The van der Waals surface area contributed by atoms with Gasteiger partial charge < -0.3 is 19.1 Å². The first-order valence-electron chi connectivity index (χ1n) is 11.4. The highest BCUT2D eigenvalue weighted by molar-refractivity contribution is 5.89. The number of carbonyl (C=O) groups is 2. The Hall–Kier alpha value is -3.46. The Labute approximate surface area is 196 Å². The van der Waals surface area contributed by atoms with E-state index in [1.807, 2.05) is 13.0 Å². The highest BCUT2D eigenvalue weighted by atomic mass is 16.7. The molecule has 0 aromatic heterocycles. The minimum atomic E-state index is -0.990. The van der Waals surface area contributed by atoms with Crippen LogP contribution < -0.4 is 14.2 Å². The van der Waals surface area contributed by atoms with E-state index < -0.39 is 22.6 Å². The minimum absolute atomic E-state index is 0.0861. The molecule has 4 atom stereocenters. The highest BCUT2D eigenvalue weighted by Gasteiger charge is 2.62. The molecule has 1 spiro atoms. The second kappa shape index (κ2) is 8.09. The van der Waals surface area contributed by atoms with E-state index in [-0.39, 0.29) is 34.9 Å². The fraction of sp³-hybridized carbons (Fsp3) is 0.440. The molecule has 0 bridgehead atoms. The first-order chi connectivity index (χ1) is 16.2. The lowest BCUT2D eigenvalue weighted by Gasteiger charge is -2.53. The number of likely N-dealkylation sites (tertiary alicyclic amines) is 1. The molecule has 9 nitrogen and oxygen atoms in total. The van der Waals surface area contributed by atoms with Gasteiger partial charge in [0.1, 0.15) is 5.75 Å². The van der Waals surface area contributed by atoms with E-state index in [1.165, 1.54) is 24.3 Å². The van der Waals surface area contributed by atoms with E-state index in [0.717, 1.165) is 30.5 Å². The summed E-state index contributed by atoms with van der Waals surface area (Å²) in [6.07, 6.45) is 0.485. The summed E-state index contributed by atoms with van der Waals surface area (Å²) in [5.74, 6) is 1.09. The van der Waals surface area contributed by atoms with E-state index in [4.69, 9.17) is 14.2 Å². The molecule has 34 heavy (non-hydrogen) atoms. The molecule has 0 N–H and O–H groups in total. The lowest BCUT2D eigenvalue weighted by molar-refractivity contribution is -0.384. The molecule has 3 aliphatic rings. The standard InChI is InChI=1S/C25H26N2O7/c1-14-4-11-20(33-24(29)32-17-7-5-16(6-8-17)27(30)31)22-21(14)25-12-13-26(3)15(2)18(25)9-10-19(28)23(25)34-22/h4-8,11,15,18,23H,9-10,12-13H2,1-3H3/t15-,18?,23+,25+/m0/s1. The molecular formula is C25H26N2O7. The molecule has 178 valence electrons. The van der Waals surface area contributed by atoms with E-state index in [0.29, 0.717) is 12.2 Å². The van der Waals surface area contributed by atoms with Gasteiger partial charge in [-0.05, 0) is 70.0 Å². The van der Waals surface area contributed by atoms with Gasteiger partial charge in [-0.2, -0.15) is 0 Å². The average Bonchev–Trinajstić information content (AvgIpc) is 3.16. The van der Waals surface area contributed by atoms with Crippen molar-refractivity contribution in [3.63, 3.8) is 0 Å². The maximum atomic E-state index is 13.0. The summed E-state index contributed by atoms with van der Waals surface area (Å²) in [4.78, 5) is 38.2. The van der Waals surface area contributed by atoms with Crippen molar-refractivity contribution in [2.24, 2.45) is 5.92 Å². The third-order valence-electron chi connectivity index (χ3n) is 7.75. The van der Waals surface area contributed by atoms with Crippen molar-refractivity contribution in [3.05, 3.63) is 57.6 Å². The number of non-ortho nitro benzene ring substituents is 1. The molecule has 2 aromatic carbocycles. The van der Waals surface area contributed by atoms with Gasteiger partial charge in [-0.25, -0.2) is 4.79 Å². The van der Waals surface area contributed by atoms with Crippen LogP contribution in [0.3, 0.4) is 0 Å². The van der Waals surface area contributed by atoms with Gasteiger partial charge in [0.15, 0.2) is 23.4 Å². The number of nitrogens with zero attached hydrogens (tertiary/aromatic N) is 2. The Morgan fingerprint density at radius 3 is 2.65 bits per heavy atom. The Morgan fingerprint density at radius 2 is 1.94 bits per heavy atom. The summed E-state index contributed by atoms with van der Waals surface area (Å²) in [6, 6.07) is 8.95. The Morgan fingerprint density at radius 1 is 1.21 bits per heavy atom. The monoisotopic (exact) mass is 466 g/mol. The van der Waals surface area contributed by atoms with Crippen LogP contribution in [0.1, 0.15) is 37.3 Å². The molecule has 2 aliphatic heterocycles. The normalized spacial score (nSPS) is 27.7. The molecule has 2 heterocycles. The fourth-order valence-corrected chi connectivity index (χ4v) is 6.04. The van der Waals surface area contributed by atoms with Gasteiger partial charge in [0.05, 0.1) is 4.92 Å². The summed E-state index contributed by atoms with van der Waals surface area (Å²) >= 11 is 0. The molecule has 0 amide bonds. The second-order valence-electron chi connectivity index (χ2n) is 9.41. The lowest BCUT2D eigenvalue weighted by atomic mass is 9.55. The van der Waals surface area contributed by atoms with E-state index >= 15 is 0 Å². The van der Waals surface area contributed by atoms with Crippen LogP contribution in [0.25, 0.3) is 0 Å². The molecule has 2 aromatic rings. The van der Waals surface area contributed by atoms with Crippen molar-refractivity contribution >= 4 is 17.6 Å². The van der Waals surface area contributed by atoms with Crippen LogP contribution in [0.15, 0.2) is 36.4 Å². The number of nitro benzene ring substituents is 1. The first-order valence-corrected chi connectivity index (χ1v) is 11.4. The average molecular weight is 466 g/mol. The number of rotatable bonds is 3. The Balaban J connectivity index is 1.46. The van der Waals surface area contributed by atoms with E-state index in [2.05, 4.69) is 18.9 Å². The van der Waals surface area contributed by atoms with Gasteiger partial charge in [-0.15, -0.1) is 0 Å². The Bertz CT molecular complexity index is 1180. The van der Waals surface area contributed by atoms with Crippen molar-refractivity contribution in [2.75, 3.05) is 13.6 Å². The minimum Gasteiger partial charge on any atom is -0.477 e. The molecule has 0 radical (unpaired) electrons. The van der Waals surface area contributed by atoms with Gasteiger partial charge in [-0.3, -0.25) is 14.9 Å². The summed E-state index contributed by atoms with van der Waals surface area (Å²) in [6.45, 7) is 5.04. The number of ketones is 1.